The van der Waals surface area contributed by atoms with Crippen molar-refractivity contribution in [2.45, 2.75) is 19.3 Å². The molecule has 0 atom stereocenters. The van der Waals surface area contributed by atoms with Crippen LogP contribution < -0.4 is 16.0 Å². The van der Waals surface area contributed by atoms with E-state index >= 15 is 0 Å². The zero-order valence-corrected chi connectivity index (χ0v) is 18.8. The van der Waals surface area contributed by atoms with E-state index in [9.17, 15) is 4.79 Å². The van der Waals surface area contributed by atoms with Crippen molar-refractivity contribution in [2.24, 2.45) is 4.99 Å². The molecule has 0 bridgehead atoms. The van der Waals surface area contributed by atoms with E-state index in [0.29, 0.717) is 23.9 Å². The molecule has 1 heterocycles. The zero-order valence-electron chi connectivity index (χ0n) is 18.0. The van der Waals surface area contributed by atoms with Crippen LogP contribution in [-0.2, 0) is 0 Å². The average molecular weight is 436 g/mol. The highest BCUT2D eigenvalue weighted by Crippen LogP contribution is 2.27. The first-order valence-corrected chi connectivity index (χ1v) is 11.3. The Hall–Kier alpha value is -3.19. The fourth-order valence-electron chi connectivity index (χ4n) is 3.41. The van der Waals surface area contributed by atoms with Crippen molar-refractivity contribution in [3.05, 3.63) is 87.9 Å². The minimum Gasteiger partial charge on any atom is -0.356 e. The average Bonchev–Trinajstić information content (AvgIpc) is 3.25. The molecule has 6 nitrogen and oxygen atoms in total. The van der Waals surface area contributed by atoms with Gasteiger partial charge in [0.2, 0.25) is 0 Å². The molecule has 2 aromatic carbocycles. The highest BCUT2D eigenvalue weighted by Gasteiger charge is 2.14. The molecule has 7 heteroatoms. The second-order valence-corrected chi connectivity index (χ2v) is 7.97. The summed E-state index contributed by atoms with van der Waals surface area (Å²) in [5.41, 5.74) is 5.06. The molecule has 0 saturated carbocycles. The van der Waals surface area contributed by atoms with Crippen molar-refractivity contribution in [2.75, 3.05) is 26.7 Å². The number of rotatable bonds is 9. The van der Waals surface area contributed by atoms with Gasteiger partial charge in [0.25, 0.3) is 5.91 Å². The fourth-order valence-corrected chi connectivity index (χ4v) is 4.13. The number of aromatic nitrogens is 1. The Kier molecular flexibility index (Phi) is 8.60. The van der Waals surface area contributed by atoms with Crippen LogP contribution >= 0.6 is 11.3 Å². The molecule has 1 aromatic heterocycles. The zero-order chi connectivity index (χ0) is 21.9. The van der Waals surface area contributed by atoms with Crippen LogP contribution in [0.15, 0.2) is 71.2 Å². The number of hydrogen-bond donors (Lipinski definition) is 3. The van der Waals surface area contributed by atoms with Gasteiger partial charge in [0.1, 0.15) is 4.88 Å². The highest BCUT2D eigenvalue weighted by atomic mass is 32.1. The molecule has 0 spiro atoms. The van der Waals surface area contributed by atoms with Crippen LogP contribution in [0.5, 0.6) is 0 Å². The molecule has 0 aliphatic heterocycles. The maximum absolute atomic E-state index is 12.1. The van der Waals surface area contributed by atoms with E-state index in [1.807, 2.05) is 19.1 Å². The van der Waals surface area contributed by atoms with E-state index < -0.39 is 0 Å². The molecule has 162 valence electrons. The minimum atomic E-state index is -0.0849. The number of hydrogen-bond acceptors (Lipinski definition) is 4. The van der Waals surface area contributed by atoms with Gasteiger partial charge in [-0.05, 0) is 24.5 Å². The number of aryl methyl sites for hydroxylation is 1. The molecule has 1 amide bonds. The van der Waals surface area contributed by atoms with Crippen molar-refractivity contribution in [3.63, 3.8) is 0 Å². The lowest BCUT2D eigenvalue weighted by molar-refractivity contribution is 0.0957. The lowest BCUT2D eigenvalue weighted by Gasteiger charge is -2.19. The number of amides is 1. The molecular weight excluding hydrogens is 406 g/mol. The number of guanidine groups is 1. The Balaban J connectivity index is 1.46. The van der Waals surface area contributed by atoms with Crippen LogP contribution in [0.2, 0.25) is 0 Å². The van der Waals surface area contributed by atoms with Crippen molar-refractivity contribution < 1.29 is 4.79 Å². The van der Waals surface area contributed by atoms with Crippen molar-refractivity contribution in [1.82, 2.24) is 20.9 Å². The summed E-state index contributed by atoms with van der Waals surface area (Å²) in [4.78, 5) is 21.2. The van der Waals surface area contributed by atoms with Crippen molar-refractivity contribution in [3.8, 4) is 0 Å². The first-order valence-electron chi connectivity index (χ1n) is 10.4. The van der Waals surface area contributed by atoms with Crippen LogP contribution in [0.25, 0.3) is 0 Å². The second kappa shape index (κ2) is 11.9. The predicted octanol–water partition coefficient (Wildman–Crippen LogP) is 3.57. The lowest BCUT2D eigenvalue weighted by Crippen LogP contribution is -2.42. The monoisotopic (exact) mass is 435 g/mol. The summed E-state index contributed by atoms with van der Waals surface area (Å²) in [6.07, 6.45) is 0.941. The van der Waals surface area contributed by atoms with Gasteiger partial charge < -0.3 is 16.0 Å². The van der Waals surface area contributed by atoms with Gasteiger partial charge in [-0.2, -0.15) is 0 Å². The molecule has 0 fully saturated rings. The number of carbonyl (C=O) groups is 1. The summed E-state index contributed by atoms with van der Waals surface area (Å²) in [6, 6.07) is 21.1. The largest absolute Gasteiger partial charge is 0.356 e. The molecule has 0 saturated heterocycles. The smallest absolute Gasteiger partial charge is 0.263 e. The SMILES string of the molecule is CN=C(NCCNC(=O)c1scnc1C)NCCC(c1ccccc1)c1ccccc1. The summed E-state index contributed by atoms with van der Waals surface area (Å²) in [5.74, 6) is 0.955. The molecule has 0 aliphatic rings. The molecule has 0 unspecified atom stereocenters. The topological polar surface area (TPSA) is 78.4 Å². The molecule has 3 N–H and O–H groups in total. The third-order valence-corrected chi connectivity index (χ3v) is 5.94. The molecule has 0 radical (unpaired) electrons. The Morgan fingerprint density at radius 3 is 2.06 bits per heavy atom. The first-order chi connectivity index (χ1) is 15.2. The predicted molar refractivity (Wildman–Crippen MR) is 128 cm³/mol. The summed E-state index contributed by atoms with van der Waals surface area (Å²) in [7, 11) is 1.75. The first kappa shape index (κ1) is 22.5. The number of nitrogens with zero attached hydrogens (tertiary/aromatic N) is 2. The summed E-state index contributed by atoms with van der Waals surface area (Å²) in [5, 5.41) is 9.54. The summed E-state index contributed by atoms with van der Waals surface area (Å²) in [6.45, 7) is 3.71. The van der Waals surface area contributed by atoms with Crippen molar-refractivity contribution >= 4 is 23.2 Å². The van der Waals surface area contributed by atoms with Crippen LogP contribution in [0.1, 0.15) is 38.8 Å². The van der Waals surface area contributed by atoms with Crippen molar-refractivity contribution in [1.29, 1.82) is 0 Å². The number of benzene rings is 2. The Labute approximate surface area is 187 Å². The molecular formula is C24H29N5OS. The summed E-state index contributed by atoms with van der Waals surface area (Å²) >= 11 is 1.36. The van der Waals surface area contributed by atoms with Gasteiger partial charge in [0.15, 0.2) is 5.96 Å². The van der Waals surface area contributed by atoms with E-state index in [2.05, 4.69) is 74.5 Å². The summed E-state index contributed by atoms with van der Waals surface area (Å²) < 4.78 is 0. The number of nitrogens with one attached hydrogen (secondary N) is 3. The van der Waals surface area contributed by atoms with Crippen LogP contribution in [-0.4, -0.2) is 43.5 Å². The molecule has 3 aromatic rings. The maximum Gasteiger partial charge on any atom is 0.263 e. The number of aliphatic imine (C=N–C) groups is 1. The molecule has 31 heavy (non-hydrogen) atoms. The van der Waals surface area contributed by atoms with E-state index in [0.717, 1.165) is 24.6 Å². The normalized spacial score (nSPS) is 11.4. The Morgan fingerprint density at radius 1 is 0.935 bits per heavy atom. The van der Waals surface area contributed by atoms with Gasteiger partial charge >= 0.3 is 0 Å². The Bertz CT molecular complexity index is 932. The third-order valence-electron chi connectivity index (χ3n) is 5.01. The third kappa shape index (κ3) is 6.65. The molecule has 3 rings (SSSR count). The van der Waals surface area contributed by atoms with E-state index in [4.69, 9.17) is 0 Å². The number of carbonyl (C=O) groups excluding carboxylic acids is 1. The maximum atomic E-state index is 12.1. The van der Waals surface area contributed by atoms with Crippen LogP contribution in [0, 0.1) is 6.92 Å². The number of thiazole rings is 1. The van der Waals surface area contributed by atoms with Crippen LogP contribution in [0.4, 0.5) is 0 Å². The highest BCUT2D eigenvalue weighted by molar-refractivity contribution is 7.11. The molecule has 0 aliphatic carbocycles. The van der Waals surface area contributed by atoms with Gasteiger partial charge in [-0.3, -0.25) is 9.79 Å². The van der Waals surface area contributed by atoms with Gasteiger partial charge in [-0.25, -0.2) is 4.98 Å². The van der Waals surface area contributed by atoms with E-state index in [-0.39, 0.29) is 5.91 Å². The van der Waals surface area contributed by atoms with Crippen LogP contribution in [0.3, 0.4) is 0 Å². The van der Waals surface area contributed by atoms with Gasteiger partial charge in [-0.1, -0.05) is 60.7 Å². The minimum absolute atomic E-state index is 0.0849. The van der Waals surface area contributed by atoms with Gasteiger partial charge in [0, 0.05) is 32.6 Å². The Morgan fingerprint density at radius 2 is 1.52 bits per heavy atom. The van der Waals surface area contributed by atoms with E-state index in [1.165, 1.54) is 22.5 Å². The standard InChI is InChI=1S/C24H29N5OS/c1-18-22(31-17-29-18)23(30)26-15-16-28-24(25-2)27-14-13-21(19-9-5-3-6-10-19)20-11-7-4-8-12-20/h3-12,17,21H,13-16H2,1-2H3,(H,26,30)(H2,25,27,28). The quantitative estimate of drug-likeness (QED) is 0.273. The second-order valence-electron chi connectivity index (χ2n) is 7.11. The van der Waals surface area contributed by atoms with E-state index in [1.54, 1.807) is 12.6 Å². The van der Waals surface area contributed by atoms with Gasteiger partial charge in [-0.15, -0.1) is 11.3 Å². The lowest BCUT2D eigenvalue weighted by atomic mass is 9.88. The van der Waals surface area contributed by atoms with Gasteiger partial charge in [0.05, 0.1) is 11.2 Å². The fraction of sp³-hybridized carbons (Fsp3) is 0.292.